The molecular weight excluding hydrogens is 677 g/mol. The van der Waals surface area contributed by atoms with Gasteiger partial charge in [0.2, 0.25) is 5.91 Å². The lowest BCUT2D eigenvalue weighted by atomic mass is 10.1. The second-order valence-corrected chi connectivity index (χ2v) is 11.9. The van der Waals surface area contributed by atoms with E-state index < -0.39 is 11.1 Å². The van der Waals surface area contributed by atoms with Gasteiger partial charge in [-0.05, 0) is 76.3 Å². The first kappa shape index (κ1) is 29.3. The number of imide groups is 1. The van der Waals surface area contributed by atoms with Crippen molar-refractivity contribution in [3.05, 3.63) is 91.4 Å². The third-order valence-electron chi connectivity index (χ3n) is 6.80. The van der Waals surface area contributed by atoms with Crippen LogP contribution in [0.2, 0.25) is 5.02 Å². The summed E-state index contributed by atoms with van der Waals surface area (Å²) in [4.78, 5) is 44.1. The van der Waals surface area contributed by atoms with Crippen LogP contribution in [0, 0.1) is 3.57 Å². The first-order valence-electron chi connectivity index (χ1n) is 12.9. The number of carbonyl (C=O) groups excluding carboxylic acids is 3. The normalized spacial score (nSPS) is 16.5. The van der Waals surface area contributed by atoms with Crippen LogP contribution in [0.1, 0.15) is 11.1 Å². The zero-order valence-electron chi connectivity index (χ0n) is 22.2. The van der Waals surface area contributed by atoms with Crippen LogP contribution >= 0.6 is 46.0 Å². The van der Waals surface area contributed by atoms with Gasteiger partial charge in [0, 0.05) is 42.5 Å². The van der Waals surface area contributed by atoms with Crippen molar-refractivity contribution in [2.24, 2.45) is 0 Å². The number of methoxy groups -OCH3 is 1. The van der Waals surface area contributed by atoms with E-state index >= 15 is 0 Å². The van der Waals surface area contributed by atoms with Gasteiger partial charge in [-0.3, -0.25) is 19.3 Å². The minimum absolute atomic E-state index is 0.238. The summed E-state index contributed by atoms with van der Waals surface area (Å²) in [5.41, 5.74) is 2.63. The van der Waals surface area contributed by atoms with E-state index in [1.807, 2.05) is 54.6 Å². The van der Waals surface area contributed by atoms with Gasteiger partial charge in [0.15, 0.2) is 11.5 Å². The molecule has 41 heavy (non-hydrogen) atoms. The molecule has 3 amide bonds. The van der Waals surface area contributed by atoms with Gasteiger partial charge in [-0.1, -0.05) is 48.0 Å². The van der Waals surface area contributed by atoms with E-state index in [1.54, 1.807) is 23.1 Å². The Morgan fingerprint density at radius 2 is 1.73 bits per heavy atom. The fraction of sp³-hybridized carbons (Fsp3) is 0.233. The Labute approximate surface area is 261 Å². The zero-order chi connectivity index (χ0) is 28.9. The molecular formula is C30H27ClIN3O5S. The van der Waals surface area contributed by atoms with Crippen molar-refractivity contribution in [3.8, 4) is 11.5 Å². The number of thioether (sulfide) groups is 1. The second-order valence-electron chi connectivity index (χ2n) is 9.39. The number of ether oxygens (including phenoxy) is 2. The van der Waals surface area contributed by atoms with E-state index in [9.17, 15) is 14.4 Å². The lowest BCUT2D eigenvalue weighted by Crippen LogP contribution is -2.51. The highest BCUT2D eigenvalue weighted by Gasteiger charge is 2.37. The molecule has 2 saturated heterocycles. The van der Waals surface area contributed by atoms with Crippen LogP contribution in [0.25, 0.3) is 6.08 Å². The van der Waals surface area contributed by atoms with Crippen molar-refractivity contribution >= 4 is 74.8 Å². The number of halogens is 2. The van der Waals surface area contributed by atoms with Crippen molar-refractivity contribution < 1.29 is 23.9 Å². The molecule has 3 aromatic rings. The Morgan fingerprint density at radius 1 is 1.02 bits per heavy atom. The molecule has 0 N–H and O–H groups in total. The van der Waals surface area contributed by atoms with E-state index in [1.165, 1.54) is 7.11 Å². The monoisotopic (exact) mass is 703 g/mol. The Kier molecular flexibility index (Phi) is 9.41. The molecule has 2 aliphatic heterocycles. The molecule has 0 saturated carbocycles. The van der Waals surface area contributed by atoms with Crippen LogP contribution < -0.4 is 14.4 Å². The second kappa shape index (κ2) is 13.2. The number of hydrogen-bond acceptors (Lipinski definition) is 7. The predicted octanol–water partition coefficient (Wildman–Crippen LogP) is 5.92. The highest BCUT2D eigenvalue weighted by molar-refractivity contribution is 14.1. The van der Waals surface area contributed by atoms with Gasteiger partial charge in [0.25, 0.3) is 11.1 Å². The Hall–Kier alpha value is -3.22. The smallest absolute Gasteiger partial charge is 0.294 e. The molecule has 0 unspecified atom stereocenters. The topological polar surface area (TPSA) is 79.4 Å². The number of amides is 3. The summed E-state index contributed by atoms with van der Waals surface area (Å²) in [5, 5.41) is 0.153. The lowest BCUT2D eigenvalue weighted by molar-refractivity contribution is -0.136. The molecule has 0 bridgehead atoms. The first-order valence-corrected chi connectivity index (χ1v) is 15.2. The van der Waals surface area contributed by atoms with Crippen molar-refractivity contribution in [2.75, 3.05) is 44.7 Å². The minimum Gasteiger partial charge on any atom is -0.493 e. The molecule has 0 aliphatic carbocycles. The van der Waals surface area contributed by atoms with Gasteiger partial charge in [-0.25, -0.2) is 0 Å². The zero-order valence-corrected chi connectivity index (χ0v) is 25.9. The summed E-state index contributed by atoms with van der Waals surface area (Å²) in [6.45, 7) is 2.43. The third-order valence-corrected chi connectivity index (χ3v) is 8.88. The van der Waals surface area contributed by atoms with Gasteiger partial charge in [0.1, 0.15) is 13.2 Å². The highest BCUT2D eigenvalue weighted by Crippen LogP contribution is 2.38. The van der Waals surface area contributed by atoms with E-state index in [4.69, 9.17) is 21.1 Å². The predicted molar refractivity (Wildman–Crippen MR) is 169 cm³/mol. The van der Waals surface area contributed by atoms with Crippen LogP contribution in [0.3, 0.4) is 0 Å². The summed E-state index contributed by atoms with van der Waals surface area (Å²) < 4.78 is 12.3. The van der Waals surface area contributed by atoms with Crippen LogP contribution in [-0.2, 0) is 16.2 Å². The summed E-state index contributed by atoms with van der Waals surface area (Å²) >= 11 is 9.22. The number of para-hydroxylation sites is 1. The number of nitrogens with zero attached hydrogens (tertiary/aromatic N) is 3. The number of carbonyl (C=O) groups is 3. The van der Waals surface area contributed by atoms with Crippen molar-refractivity contribution in [2.45, 2.75) is 6.61 Å². The summed E-state index contributed by atoms with van der Waals surface area (Å²) in [6.07, 6.45) is 1.64. The molecule has 2 fully saturated rings. The van der Waals surface area contributed by atoms with Crippen LogP contribution in [0.4, 0.5) is 10.5 Å². The lowest BCUT2D eigenvalue weighted by Gasteiger charge is -2.36. The number of anilines is 1. The highest BCUT2D eigenvalue weighted by atomic mass is 127. The summed E-state index contributed by atoms with van der Waals surface area (Å²) in [5.74, 6) is 0.317. The van der Waals surface area contributed by atoms with Crippen molar-refractivity contribution in [1.82, 2.24) is 9.80 Å². The van der Waals surface area contributed by atoms with Gasteiger partial charge >= 0.3 is 0 Å². The fourth-order valence-corrected chi connectivity index (χ4v) is 6.41. The molecule has 0 atom stereocenters. The summed E-state index contributed by atoms with van der Waals surface area (Å²) in [6, 6.07) is 21.1. The van der Waals surface area contributed by atoms with Gasteiger partial charge in [-0.15, -0.1) is 0 Å². The average molecular weight is 704 g/mol. The van der Waals surface area contributed by atoms with Gasteiger partial charge in [-0.2, -0.15) is 0 Å². The number of rotatable bonds is 8. The van der Waals surface area contributed by atoms with Gasteiger partial charge < -0.3 is 19.3 Å². The quantitative estimate of drug-likeness (QED) is 0.213. The average Bonchev–Trinajstić information content (AvgIpc) is 3.24. The number of hydrogen-bond donors (Lipinski definition) is 0. The van der Waals surface area contributed by atoms with E-state index in [0.29, 0.717) is 48.3 Å². The third kappa shape index (κ3) is 6.82. The molecule has 3 aromatic carbocycles. The molecule has 2 aliphatic rings. The Morgan fingerprint density at radius 3 is 2.44 bits per heavy atom. The number of piperazine rings is 1. The van der Waals surface area contributed by atoms with Gasteiger partial charge in [0.05, 0.1) is 15.6 Å². The number of benzene rings is 3. The maximum Gasteiger partial charge on any atom is 0.294 e. The molecule has 2 heterocycles. The van der Waals surface area contributed by atoms with Crippen LogP contribution in [0.5, 0.6) is 11.5 Å². The SMILES string of the molecule is COc1cc(/C=C2/SC(=O)N(CC(=O)N3CCN(c4ccccc4)CC3)C2=O)cc(I)c1OCc1ccccc1Cl. The molecule has 0 spiro atoms. The van der Waals surface area contributed by atoms with E-state index in [-0.39, 0.29) is 24.0 Å². The largest absolute Gasteiger partial charge is 0.493 e. The Balaban J connectivity index is 1.23. The summed E-state index contributed by atoms with van der Waals surface area (Å²) in [7, 11) is 1.54. The molecule has 5 rings (SSSR count). The molecule has 8 nitrogen and oxygen atoms in total. The fourth-order valence-electron chi connectivity index (χ4n) is 4.60. The van der Waals surface area contributed by atoms with Crippen molar-refractivity contribution in [3.63, 3.8) is 0 Å². The molecule has 212 valence electrons. The molecule has 0 radical (unpaired) electrons. The first-order chi connectivity index (χ1) is 19.8. The van der Waals surface area contributed by atoms with E-state index in [0.717, 1.165) is 31.5 Å². The van der Waals surface area contributed by atoms with Crippen molar-refractivity contribution in [1.29, 1.82) is 0 Å². The molecule has 11 heteroatoms. The van der Waals surface area contributed by atoms with E-state index in [2.05, 4.69) is 27.5 Å². The van der Waals surface area contributed by atoms with Crippen LogP contribution in [0.15, 0.2) is 71.6 Å². The maximum atomic E-state index is 13.1. The molecule has 0 aromatic heterocycles. The maximum absolute atomic E-state index is 13.1. The standard InChI is InChI=1S/C30H27ClIN3O5S/c1-39-25-16-20(15-24(32)28(25)40-19-21-7-5-6-10-23(21)31)17-26-29(37)35(30(38)41-26)18-27(36)34-13-11-33(12-14-34)22-8-3-2-4-9-22/h2-10,15-17H,11-14,18-19H2,1H3/b26-17+. The Bertz CT molecular complexity index is 1490. The van der Waals surface area contributed by atoms with Crippen LogP contribution in [-0.4, -0.2) is 66.7 Å². The minimum atomic E-state index is -0.482.